The fourth-order valence-electron chi connectivity index (χ4n) is 4.38. The lowest BCUT2D eigenvalue weighted by Gasteiger charge is -2.16. The molecule has 2 aliphatic rings. The molecule has 2 aromatic rings. The highest BCUT2D eigenvalue weighted by molar-refractivity contribution is 8.00. The van der Waals surface area contributed by atoms with Crippen molar-refractivity contribution in [2.24, 2.45) is 0 Å². The van der Waals surface area contributed by atoms with Gasteiger partial charge in [-0.2, -0.15) is 11.8 Å². The molecular formula is C25H37N7O5S. The quantitative estimate of drug-likeness (QED) is 0.186. The molecule has 12 nitrogen and oxygen atoms in total. The molecule has 0 bridgehead atoms. The minimum atomic E-state index is -0.0560. The number of pyridine rings is 1. The van der Waals surface area contributed by atoms with Crippen molar-refractivity contribution in [1.82, 2.24) is 35.9 Å². The first kappa shape index (κ1) is 28.3. The molecule has 0 aromatic carbocycles. The standard InChI is InChI=1S/C25H37N7O5S/c33-23(6-2-1-5-22-24-21(18-38-22)28-25(34)29-24)27-8-10-35-12-14-37-15-13-36-11-9-32-17-20(30-31-32)19-4-3-7-26-16-19/h3-4,7,16-17,21-22,24H,1-2,5-6,8-15,18H2,(H,27,33)(H2,28,29,34). The molecule has 38 heavy (non-hydrogen) atoms. The number of ether oxygens (including phenoxy) is 3. The van der Waals surface area contributed by atoms with Crippen molar-refractivity contribution in [2.75, 3.05) is 51.9 Å². The number of aromatic nitrogens is 4. The summed E-state index contributed by atoms with van der Waals surface area (Å²) in [6.45, 7) is 4.01. The van der Waals surface area contributed by atoms with Gasteiger partial charge in [-0.05, 0) is 25.0 Å². The summed E-state index contributed by atoms with van der Waals surface area (Å²) in [5.74, 6) is 1.02. The fraction of sp³-hybridized carbons (Fsp3) is 0.640. The van der Waals surface area contributed by atoms with E-state index in [9.17, 15) is 9.59 Å². The lowest BCUT2D eigenvalue weighted by molar-refractivity contribution is -0.121. The van der Waals surface area contributed by atoms with E-state index in [2.05, 4.69) is 31.2 Å². The summed E-state index contributed by atoms with van der Waals surface area (Å²) in [6, 6.07) is 4.24. The van der Waals surface area contributed by atoms with Crippen LogP contribution in [-0.4, -0.2) is 101 Å². The fourth-order valence-corrected chi connectivity index (χ4v) is 5.92. The van der Waals surface area contributed by atoms with E-state index >= 15 is 0 Å². The first-order chi connectivity index (χ1) is 18.7. The molecule has 2 fully saturated rings. The molecule has 4 rings (SSSR count). The SMILES string of the molecule is O=C(CCCCC1SCC2NC(=O)NC21)NCCOCCOCCOCCn1cc(-c2cccnc2)nn1. The minimum Gasteiger partial charge on any atom is -0.377 e. The van der Waals surface area contributed by atoms with E-state index in [1.807, 2.05) is 30.1 Å². The lowest BCUT2D eigenvalue weighted by Crippen LogP contribution is -2.36. The smallest absolute Gasteiger partial charge is 0.315 e. The van der Waals surface area contributed by atoms with E-state index in [4.69, 9.17) is 14.2 Å². The van der Waals surface area contributed by atoms with Crippen LogP contribution in [0.4, 0.5) is 4.79 Å². The Kier molecular flexibility index (Phi) is 11.6. The maximum Gasteiger partial charge on any atom is 0.315 e. The number of carbonyl (C=O) groups is 2. The van der Waals surface area contributed by atoms with Crippen LogP contribution in [0.5, 0.6) is 0 Å². The van der Waals surface area contributed by atoms with Crippen molar-refractivity contribution in [2.45, 2.75) is 49.6 Å². The van der Waals surface area contributed by atoms with Gasteiger partial charge in [0.25, 0.3) is 0 Å². The monoisotopic (exact) mass is 547 g/mol. The number of unbranched alkanes of at least 4 members (excludes halogenated alkanes) is 1. The molecular weight excluding hydrogens is 510 g/mol. The molecule has 4 heterocycles. The number of amides is 3. The third-order valence-corrected chi connectivity index (χ3v) is 7.86. The van der Waals surface area contributed by atoms with E-state index < -0.39 is 0 Å². The van der Waals surface area contributed by atoms with Crippen LogP contribution in [-0.2, 0) is 25.5 Å². The second-order valence-corrected chi connectivity index (χ2v) is 10.4. The van der Waals surface area contributed by atoms with Gasteiger partial charge in [-0.15, -0.1) is 5.10 Å². The molecule has 0 radical (unpaired) electrons. The molecule has 13 heteroatoms. The summed E-state index contributed by atoms with van der Waals surface area (Å²) < 4.78 is 18.3. The van der Waals surface area contributed by atoms with Crippen LogP contribution in [0.3, 0.4) is 0 Å². The van der Waals surface area contributed by atoms with E-state index in [0.29, 0.717) is 64.4 Å². The Morgan fingerprint density at radius 2 is 1.92 bits per heavy atom. The zero-order valence-electron chi connectivity index (χ0n) is 21.5. The second-order valence-electron chi connectivity index (χ2n) is 9.16. The zero-order chi connectivity index (χ0) is 26.4. The normalized spacial score (nSPS) is 20.2. The molecule has 0 aliphatic carbocycles. The molecule has 3 atom stereocenters. The summed E-state index contributed by atoms with van der Waals surface area (Å²) in [5, 5.41) is 17.5. The molecule has 2 aliphatic heterocycles. The molecule has 208 valence electrons. The van der Waals surface area contributed by atoms with Crippen molar-refractivity contribution >= 4 is 23.7 Å². The summed E-state index contributed by atoms with van der Waals surface area (Å²) in [6.07, 6.45) is 8.72. The van der Waals surface area contributed by atoms with E-state index in [-0.39, 0.29) is 24.0 Å². The van der Waals surface area contributed by atoms with Gasteiger partial charge in [0.05, 0.1) is 64.5 Å². The molecule has 0 saturated carbocycles. The summed E-state index contributed by atoms with van der Waals surface area (Å²) >= 11 is 1.91. The number of fused-ring (bicyclic) bond motifs is 1. The van der Waals surface area contributed by atoms with E-state index in [1.165, 1.54) is 0 Å². The average Bonchev–Trinajstić information content (AvgIpc) is 3.64. The second kappa shape index (κ2) is 15.6. The van der Waals surface area contributed by atoms with Crippen LogP contribution in [0, 0.1) is 0 Å². The summed E-state index contributed by atoms with van der Waals surface area (Å²) in [4.78, 5) is 27.5. The minimum absolute atomic E-state index is 0.0500. The lowest BCUT2D eigenvalue weighted by atomic mass is 10.0. The Labute approximate surface area is 226 Å². The zero-order valence-corrected chi connectivity index (χ0v) is 22.4. The number of rotatable bonds is 18. The predicted molar refractivity (Wildman–Crippen MR) is 143 cm³/mol. The van der Waals surface area contributed by atoms with Gasteiger partial charge in [0, 0.05) is 41.9 Å². The molecule has 0 spiro atoms. The molecule has 2 saturated heterocycles. The van der Waals surface area contributed by atoms with Gasteiger partial charge in [-0.1, -0.05) is 11.6 Å². The highest BCUT2D eigenvalue weighted by Gasteiger charge is 2.42. The highest BCUT2D eigenvalue weighted by atomic mass is 32.2. The maximum atomic E-state index is 12.0. The summed E-state index contributed by atoms with van der Waals surface area (Å²) in [5.41, 5.74) is 1.72. The number of carbonyl (C=O) groups excluding carboxylic acids is 2. The van der Waals surface area contributed by atoms with Crippen molar-refractivity contribution in [3.05, 3.63) is 30.7 Å². The number of thioether (sulfide) groups is 1. The van der Waals surface area contributed by atoms with Crippen LogP contribution in [0.1, 0.15) is 25.7 Å². The third-order valence-electron chi connectivity index (χ3n) is 6.35. The Balaban J connectivity index is 0.896. The molecule has 3 unspecified atom stereocenters. The van der Waals surface area contributed by atoms with E-state index in [1.54, 1.807) is 17.1 Å². The summed E-state index contributed by atoms with van der Waals surface area (Å²) in [7, 11) is 0. The Morgan fingerprint density at radius 3 is 2.74 bits per heavy atom. The van der Waals surface area contributed by atoms with Gasteiger partial charge < -0.3 is 30.2 Å². The van der Waals surface area contributed by atoms with Crippen molar-refractivity contribution in [3.63, 3.8) is 0 Å². The Hall–Kier alpha value is -2.74. The molecule has 2 aromatic heterocycles. The molecule has 3 amide bonds. The van der Waals surface area contributed by atoms with E-state index in [0.717, 1.165) is 36.3 Å². The van der Waals surface area contributed by atoms with Crippen LogP contribution in [0.2, 0.25) is 0 Å². The topological polar surface area (TPSA) is 142 Å². The van der Waals surface area contributed by atoms with Crippen LogP contribution < -0.4 is 16.0 Å². The largest absolute Gasteiger partial charge is 0.377 e. The van der Waals surface area contributed by atoms with Crippen molar-refractivity contribution in [1.29, 1.82) is 0 Å². The number of hydrogen-bond acceptors (Lipinski definition) is 9. The third kappa shape index (κ3) is 9.22. The van der Waals surface area contributed by atoms with Gasteiger partial charge >= 0.3 is 6.03 Å². The Morgan fingerprint density at radius 1 is 1.11 bits per heavy atom. The van der Waals surface area contributed by atoms with Gasteiger partial charge in [-0.3, -0.25) is 9.78 Å². The average molecular weight is 548 g/mol. The van der Waals surface area contributed by atoms with Gasteiger partial charge in [0.1, 0.15) is 5.69 Å². The van der Waals surface area contributed by atoms with Crippen LogP contribution >= 0.6 is 11.8 Å². The number of urea groups is 1. The first-order valence-electron chi connectivity index (χ1n) is 13.2. The van der Waals surface area contributed by atoms with Gasteiger partial charge in [0.15, 0.2) is 0 Å². The first-order valence-corrected chi connectivity index (χ1v) is 14.2. The molecule has 3 N–H and O–H groups in total. The number of hydrogen-bond donors (Lipinski definition) is 3. The van der Waals surface area contributed by atoms with Gasteiger partial charge in [0.2, 0.25) is 5.91 Å². The van der Waals surface area contributed by atoms with Crippen LogP contribution in [0.25, 0.3) is 11.3 Å². The highest BCUT2D eigenvalue weighted by Crippen LogP contribution is 2.33. The number of nitrogens with zero attached hydrogens (tertiary/aromatic N) is 4. The van der Waals surface area contributed by atoms with Gasteiger partial charge in [-0.25, -0.2) is 9.48 Å². The van der Waals surface area contributed by atoms with Crippen molar-refractivity contribution < 1.29 is 23.8 Å². The number of nitrogens with one attached hydrogen (secondary N) is 3. The predicted octanol–water partition coefficient (Wildman–Crippen LogP) is 1.23. The van der Waals surface area contributed by atoms with Crippen LogP contribution in [0.15, 0.2) is 30.7 Å². The maximum absolute atomic E-state index is 12.0. The Bertz CT molecular complexity index is 995. The van der Waals surface area contributed by atoms with Crippen molar-refractivity contribution in [3.8, 4) is 11.3 Å².